The quantitative estimate of drug-likeness (QED) is 0.257. The van der Waals surface area contributed by atoms with Crippen molar-refractivity contribution in [3.05, 3.63) is 119 Å². The Bertz CT molecular complexity index is 1520. The van der Waals surface area contributed by atoms with Gasteiger partial charge in [0.25, 0.3) is 5.91 Å². The zero-order chi connectivity index (χ0) is 27.1. The van der Waals surface area contributed by atoms with Crippen LogP contribution in [0.3, 0.4) is 0 Å². The number of amides is 1. The number of furan rings is 1. The van der Waals surface area contributed by atoms with Crippen LogP contribution in [0.5, 0.6) is 5.75 Å². The third kappa shape index (κ3) is 4.06. The van der Waals surface area contributed by atoms with Crippen LogP contribution >= 0.6 is 11.6 Å². The van der Waals surface area contributed by atoms with Crippen LogP contribution in [0.25, 0.3) is 0 Å². The maximum absolute atomic E-state index is 14.7. The average Bonchev–Trinajstić information content (AvgIpc) is 3.64. The predicted octanol–water partition coefficient (Wildman–Crippen LogP) is 6.30. The van der Waals surface area contributed by atoms with E-state index in [9.17, 15) is 9.59 Å². The summed E-state index contributed by atoms with van der Waals surface area (Å²) >= 11 is 6.27. The lowest BCUT2D eigenvalue weighted by Gasteiger charge is -2.36. The van der Waals surface area contributed by atoms with Crippen molar-refractivity contribution in [1.82, 2.24) is 4.90 Å². The number of benzene rings is 3. The minimum Gasteiger partial charge on any atom is -0.494 e. The first-order valence-electron chi connectivity index (χ1n) is 13.1. The summed E-state index contributed by atoms with van der Waals surface area (Å²) in [5.74, 6) is 0.157. The van der Waals surface area contributed by atoms with Gasteiger partial charge in [-0.05, 0) is 74.1 Å². The Balaban J connectivity index is 1.49. The topological polar surface area (TPSA) is 63.0 Å². The van der Waals surface area contributed by atoms with Gasteiger partial charge in [-0.1, -0.05) is 41.9 Å². The largest absolute Gasteiger partial charge is 0.494 e. The average molecular weight is 541 g/mol. The van der Waals surface area contributed by atoms with Gasteiger partial charge in [-0.15, -0.1) is 0 Å². The zero-order valence-electron chi connectivity index (χ0n) is 21.8. The second-order valence-corrected chi connectivity index (χ2v) is 10.5. The van der Waals surface area contributed by atoms with Crippen molar-refractivity contribution in [3.63, 3.8) is 0 Å². The number of anilines is 1. The molecule has 39 heavy (non-hydrogen) atoms. The number of hydrogen-bond donors (Lipinski definition) is 0. The molecule has 1 saturated heterocycles. The lowest BCUT2D eigenvalue weighted by Crippen LogP contribution is -2.53. The summed E-state index contributed by atoms with van der Waals surface area (Å²) in [6.45, 7) is 3.30. The van der Waals surface area contributed by atoms with Gasteiger partial charge in [0.1, 0.15) is 17.0 Å². The number of nitrogens with zero attached hydrogens (tertiary/aromatic N) is 2. The number of hydrogen-bond acceptors (Lipinski definition) is 5. The first-order valence-corrected chi connectivity index (χ1v) is 13.5. The van der Waals surface area contributed by atoms with Crippen LogP contribution in [-0.2, 0) is 16.9 Å². The van der Waals surface area contributed by atoms with E-state index >= 15 is 0 Å². The standard InChI is InChI=1S/C32H29ClN2O4/c1-3-38-24-15-13-22(14-16-24)30(36)29-25(28-12-7-17-39-28)20-34(2)32(29)26-10-4-5-11-27(26)35(31(32)37)19-21-8-6-9-23(33)18-21/h4-18,25,29H,3,19-20H2,1-2H3/t25-,29+,32+/m1/s1. The molecule has 0 radical (unpaired) electrons. The van der Waals surface area contributed by atoms with Crippen LogP contribution < -0.4 is 9.64 Å². The van der Waals surface area contributed by atoms with E-state index in [1.165, 1.54) is 0 Å². The number of carbonyl (C=O) groups is 2. The predicted molar refractivity (Wildman–Crippen MR) is 150 cm³/mol. The van der Waals surface area contributed by atoms with E-state index in [0.29, 0.717) is 41.8 Å². The van der Waals surface area contributed by atoms with Crippen molar-refractivity contribution in [1.29, 1.82) is 0 Å². The van der Waals surface area contributed by atoms with Crippen molar-refractivity contribution >= 4 is 29.0 Å². The maximum atomic E-state index is 14.7. The van der Waals surface area contributed by atoms with Crippen LogP contribution in [0.2, 0.25) is 5.02 Å². The summed E-state index contributed by atoms with van der Waals surface area (Å²) in [6, 6.07) is 26.2. The van der Waals surface area contributed by atoms with Crippen molar-refractivity contribution < 1.29 is 18.7 Å². The van der Waals surface area contributed by atoms with Crippen molar-refractivity contribution in [2.45, 2.75) is 24.9 Å². The zero-order valence-corrected chi connectivity index (χ0v) is 22.6. The molecule has 1 amide bonds. The minimum atomic E-state index is -1.19. The normalized spacial score (nSPS) is 22.4. The van der Waals surface area contributed by atoms with Gasteiger partial charge in [-0.2, -0.15) is 0 Å². The maximum Gasteiger partial charge on any atom is 0.253 e. The number of carbonyl (C=O) groups excluding carboxylic acids is 2. The molecule has 198 valence electrons. The molecule has 2 aliphatic heterocycles. The molecular formula is C32H29ClN2O4. The van der Waals surface area contributed by atoms with Crippen molar-refractivity contribution in [3.8, 4) is 5.75 Å². The van der Waals surface area contributed by atoms with Gasteiger partial charge >= 0.3 is 0 Å². The Hall–Kier alpha value is -3.87. The van der Waals surface area contributed by atoms with Crippen molar-refractivity contribution in [2.75, 3.05) is 25.1 Å². The molecule has 3 heterocycles. The summed E-state index contributed by atoms with van der Waals surface area (Å²) in [6.07, 6.45) is 1.62. The molecule has 0 N–H and O–H groups in total. The molecule has 0 aliphatic carbocycles. The molecular weight excluding hydrogens is 512 g/mol. The van der Waals surface area contributed by atoms with Gasteiger partial charge < -0.3 is 14.1 Å². The number of likely N-dealkylation sites (tertiary alicyclic amines) is 1. The summed E-state index contributed by atoms with van der Waals surface area (Å²) in [5.41, 5.74) is 1.90. The van der Waals surface area contributed by atoms with Gasteiger partial charge in [0.05, 0.1) is 25.3 Å². The summed E-state index contributed by atoms with van der Waals surface area (Å²) in [4.78, 5) is 33.1. The number of ketones is 1. The van der Waals surface area contributed by atoms with Gasteiger partial charge in [0.2, 0.25) is 0 Å². The molecule has 1 spiro atoms. The van der Waals surface area contributed by atoms with Gasteiger partial charge in [0.15, 0.2) is 5.78 Å². The number of halogens is 1. The van der Waals surface area contributed by atoms with Crippen LogP contribution in [0.1, 0.15) is 40.1 Å². The van der Waals surface area contributed by atoms with E-state index < -0.39 is 11.5 Å². The third-order valence-electron chi connectivity index (χ3n) is 7.97. The van der Waals surface area contributed by atoms with Gasteiger partial charge in [-0.3, -0.25) is 14.5 Å². The SMILES string of the molecule is CCOc1ccc(C(=O)[C@@H]2[C@@H](c3ccco3)CN(C)[C@]23C(=O)N(Cc2cccc(Cl)c2)c2ccccc23)cc1. The highest BCUT2D eigenvalue weighted by Crippen LogP contribution is 2.57. The molecule has 0 saturated carbocycles. The van der Waals surface area contributed by atoms with Crippen LogP contribution in [0.4, 0.5) is 5.69 Å². The molecule has 1 fully saturated rings. The van der Waals surface area contributed by atoms with Crippen molar-refractivity contribution in [2.24, 2.45) is 5.92 Å². The Morgan fingerprint density at radius 2 is 1.85 bits per heavy atom. The van der Waals surface area contributed by atoms with Gasteiger partial charge in [0, 0.05) is 34.3 Å². The Kier molecular flexibility index (Phi) is 6.53. The van der Waals surface area contributed by atoms with E-state index in [-0.39, 0.29) is 17.6 Å². The molecule has 7 heteroatoms. The summed E-state index contributed by atoms with van der Waals surface area (Å²) in [5, 5.41) is 0.613. The van der Waals surface area contributed by atoms with Crippen LogP contribution in [0.15, 0.2) is 95.6 Å². The first kappa shape index (κ1) is 25.4. The number of ether oxygens (including phenoxy) is 1. The lowest BCUT2D eigenvalue weighted by atomic mass is 9.71. The Labute approximate surface area is 232 Å². The monoisotopic (exact) mass is 540 g/mol. The van der Waals surface area contributed by atoms with Crippen LogP contribution in [0, 0.1) is 5.92 Å². The molecule has 0 unspecified atom stereocenters. The fraction of sp³-hybridized carbons (Fsp3) is 0.250. The molecule has 2 aliphatic rings. The highest BCUT2D eigenvalue weighted by molar-refractivity contribution is 6.30. The van der Waals surface area contributed by atoms with Gasteiger partial charge in [-0.25, -0.2) is 0 Å². The summed E-state index contributed by atoms with van der Waals surface area (Å²) < 4.78 is 11.5. The Morgan fingerprint density at radius 3 is 2.56 bits per heavy atom. The highest BCUT2D eigenvalue weighted by atomic mass is 35.5. The molecule has 6 nitrogen and oxygen atoms in total. The van der Waals surface area contributed by atoms with Crippen LogP contribution in [-0.4, -0.2) is 36.8 Å². The van der Waals surface area contributed by atoms with E-state index in [1.807, 2.05) is 79.5 Å². The second-order valence-electron chi connectivity index (χ2n) is 10.1. The number of fused-ring (bicyclic) bond motifs is 2. The minimum absolute atomic E-state index is 0.100. The second kappa shape index (κ2) is 10.0. The molecule has 3 atom stereocenters. The number of likely N-dealkylation sites (N-methyl/N-ethyl adjacent to an activating group) is 1. The van der Waals surface area contributed by atoms with E-state index in [4.69, 9.17) is 20.8 Å². The molecule has 3 aromatic carbocycles. The molecule has 1 aromatic heterocycles. The van der Waals surface area contributed by atoms with E-state index in [2.05, 4.69) is 0 Å². The fourth-order valence-electron chi connectivity index (χ4n) is 6.37. The summed E-state index contributed by atoms with van der Waals surface area (Å²) in [7, 11) is 1.93. The molecule has 0 bridgehead atoms. The number of rotatable bonds is 7. The molecule has 4 aromatic rings. The smallest absolute Gasteiger partial charge is 0.253 e. The fourth-order valence-corrected chi connectivity index (χ4v) is 6.58. The number of Topliss-reactive ketones (excluding diaryl/α,β-unsaturated/α-hetero) is 1. The van der Waals surface area contributed by atoms with E-state index in [1.54, 1.807) is 35.4 Å². The van der Waals surface area contributed by atoms with E-state index in [0.717, 1.165) is 16.8 Å². The first-order chi connectivity index (χ1) is 18.9. The lowest BCUT2D eigenvalue weighted by molar-refractivity contribution is -0.129. The molecule has 6 rings (SSSR count). The third-order valence-corrected chi connectivity index (χ3v) is 8.21. The highest BCUT2D eigenvalue weighted by Gasteiger charge is 2.66. The number of para-hydroxylation sites is 1. The Morgan fingerprint density at radius 1 is 1.05 bits per heavy atom.